The maximum absolute atomic E-state index is 4.45. The number of hydrogen-bond acceptors (Lipinski definition) is 3. The Labute approximate surface area is 150 Å². The Bertz CT molecular complexity index is 404. The van der Waals surface area contributed by atoms with E-state index >= 15 is 0 Å². The number of aryl methyl sites for hydroxylation is 1. The standard InChI is InChI=1S/C15H28N4S.HI/c1-12(2)7-5-6-9-17-15(16-4)18-10-8-14-11-20-13(3)19-14;/h11-12H,5-10H2,1-4H3,(H2,16,17,18);1H. The van der Waals surface area contributed by atoms with E-state index in [0.717, 1.165) is 42.1 Å². The van der Waals surface area contributed by atoms with Crippen LogP contribution in [-0.2, 0) is 6.42 Å². The molecule has 0 saturated carbocycles. The van der Waals surface area contributed by atoms with Gasteiger partial charge in [-0.1, -0.05) is 26.7 Å². The van der Waals surface area contributed by atoms with Crippen LogP contribution in [-0.4, -0.2) is 31.1 Å². The second-order valence-electron chi connectivity index (χ2n) is 5.42. The molecule has 0 bridgehead atoms. The topological polar surface area (TPSA) is 49.3 Å². The molecule has 0 atom stereocenters. The van der Waals surface area contributed by atoms with Crippen molar-refractivity contribution >= 4 is 41.3 Å². The van der Waals surface area contributed by atoms with E-state index in [-0.39, 0.29) is 24.0 Å². The van der Waals surface area contributed by atoms with Gasteiger partial charge in [-0.15, -0.1) is 35.3 Å². The summed E-state index contributed by atoms with van der Waals surface area (Å²) >= 11 is 1.71. The molecule has 0 fully saturated rings. The Morgan fingerprint density at radius 2 is 2.00 bits per heavy atom. The van der Waals surface area contributed by atoms with Gasteiger partial charge in [0.2, 0.25) is 0 Å². The third-order valence-electron chi connectivity index (χ3n) is 3.06. The molecular weight excluding hydrogens is 395 g/mol. The lowest BCUT2D eigenvalue weighted by atomic mass is 10.1. The summed E-state index contributed by atoms with van der Waals surface area (Å²) in [4.78, 5) is 8.69. The Kier molecular flexibility index (Phi) is 12.0. The van der Waals surface area contributed by atoms with Crippen LogP contribution in [0.3, 0.4) is 0 Å². The van der Waals surface area contributed by atoms with Crippen molar-refractivity contribution in [3.8, 4) is 0 Å². The largest absolute Gasteiger partial charge is 0.356 e. The minimum absolute atomic E-state index is 0. The van der Waals surface area contributed by atoms with Gasteiger partial charge in [0.25, 0.3) is 0 Å². The lowest BCUT2D eigenvalue weighted by molar-refractivity contribution is 0.534. The average Bonchev–Trinajstić information content (AvgIpc) is 2.81. The molecule has 1 rings (SSSR count). The monoisotopic (exact) mass is 424 g/mol. The fourth-order valence-electron chi connectivity index (χ4n) is 1.94. The quantitative estimate of drug-likeness (QED) is 0.290. The van der Waals surface area contributed by atoms with Gasteiger partial charge in [-0.25, -0.2) is 4.98 Å². The van der Waals surface area contributed by atoms with Gasteiger partial charge in [-0.3, -0.25) is 4.99 Å². The second-order valence-corrected chi connectivity index (χ2v) is 6.49. The highest BCUT2D eigenvalue weighted by Crippen LogP contribution is 2.07. The van der Waals surface area contributed by atoms with Gasteiger partial charge in [0.1, 0.15) is 0 Å². The van der Waals surface area contributed by atoms with Crippen LogP contribution in [0, 0.1) is 12.8 Å². The summed E-state index contributed by atoms with van der Waals surface area (Å²) in [6.07, 6.45) is 4.72. The van der Waals surface area contributed by atoms with Crippen molar-refractivity contribution in [3.63, 3.8) is 0 Å². The van der Waals surface area contributed by atoms with Crippen molar-refractivity contribution in [1.29, 1.82) is 0 Å². The molecule has 0 aliphatic heterocycles. The van der Waals surface area contributed by atoms with E-state index < -0.39 is 0 Å². The molecule has 0 radical (unpaired) electrons. The smallest absolute Gasteiger partial charge is 0.190 e. The number of nitrogens with one attached hydrogen (secondary N) is 2. The summed E-state index contributed by atoms with van der Waals surface area (Å²) in [5, 5.41) is 9.94. The minimum Gasteiger partial charge on any atom is -0.356 e. The van der Waals surface area contributed by atoms with Crippen LogP contribution in [0.25, 0.3) is 0 Å². The van der Waals surface area contributed by atoms with Gasteiger partial charge in [-0.05, 0) is 19.3 Å². The summed E-state index contributed by atoms with van der Waals surface area (Å²) < 4.78 is 0. The fraction of sp³-hybridized carbons (Fsp3) is 0.733. The Morgan fingerprint density at radius 1 is 1.29 bits per heavy atom. The molecule has 0 amide bonds. The average molecular weight is 424 g/mol. The summed E-state index contributed by atoms with van der Waals surface area (Å²) in [6.45, 7) is 8.44. The number of halogens is 1. The molecule has 0 aliphatic rings. The summed E-state index contributed by atoms with van der Waals surface area (Å²) in [5.74, 6) is 1.69. The van der Waals surface area contributed by atoms with Gasteiger partial charge in [0, 0.05) is 31.9 Å². The van der Waals surface area contributed by atoms with Crippen LogP contribution in [0.2, 0.25) is 0 Å². The lowest BCUT2D eigenvalue weighted by Crippen LogP contribution is -2.38. The van der Waals surface area contributed by atoms with Crippen molar-refractivity contribution in [2.45, 2.75) is 46.5 Å². The fourth-order valence-corrected chi connectivity index (χ4v) is 2.58. The van der Waals surface area contributed by atoms with E-state index in [1.165, 1.54) is 19.3 Å². The van der Waals surface area contributed by atoms with Crippen molar-refractivity contribution in [2.75, 3.05) is 20.1 Å². The van der Waals surface area contributed by atoms with E-state index in [9.17, 15) is 0 Å². The van der Waals surface area contributed by atoms with Crippen LogP contribution in [0.4, 0.5) is 0 Å². The number of thiazole rings is 1. The third-order valence-corrected chi connectivity index (χ3v) is 3.89. The van der Waals surface area contributed by atoms with Crippen LogP contribution in [0.5, 0.6) is 0 Å². The molecule has 6 heteroatoms. The maximum Gasteiger partial charge on any atom is 0.190 e. The number of aromatic nitrogens is 1. The summed E-state index contributed by atoms with van der Waals surface area (Å²) in [6, 6.07) is 0. The van der Waals surface area contributed by atoms with Crippen molar-refractivity contribution in [3.05, 3.63) is 16.1 Å². The zero-order valence-corrected chi connectivity index (χ0v) is 16.8. The summed E-state index contributed by atoms with van der Waals surface area (Å²) in [7, 11) is 1.82. The molecule has 2 N–H and O–H groups in total. The highest BCUT2D eigenvalue weighted by molar-refractivity contribution is 14.0. The van der Waals surface area contributed by atoms with Crippen LogP contribution < -0.4 is 10.6 Å². The Balaban J connectivity index is 0.00000400. The molecule has 0 aromatic carbocycles. The Hall–Kier alpha value is -0.370. The molecule has 0 aliphatic carbocycles. The number of guanidine groups is 1. The maximum atomic E-state index is 4.45. The van der Waals surface area contributed by atoms with Crippen molar-refractivity contribution in [1.82, 2.24) is 15.6 Å². The second kappa shape index (κ2) is 12.2. The first-order valence-corrected chi connectivity index (χ1v) is 8.35. The number of nitrogens with zero attached hydrogens (tertiary/aromatic N) is 2. The third kappa shape index (κ3) is 10.1. The van der Waals surface area contributed by atoms with Gasteiger partial charge in [0.15, 0.2) is 5.96 Å². The van der Waals surface area contributed by atoms with Crippen molar-refractivity contribution < 1.29 is 0 Å². The number of rotatable bonds is 8. The minimum atomic E-state index is 0. The normalized spacial score (nSPS) is 11.4. The molecule has 1 aromatic heterocycles. The number of unbranched alkanes of at least 4 members (excludes halogenated alkanes) is 1. The molecule has 0 saturated heterocycles. The number of hydrogen-bond donors (Lipinski definition) is 2. The van der Waals surface area contributed by atoms with Crippen LogP contribution >= 0.6 is 35.3 Å². The first-order valence-electron chi connectivity index (χ1n) is 7.47. The number of aliphatic imine (C=N–C) groups is 1. The van der Waals surface area contributed by atoms with Crippen LogP contribution in [0.15, 0.2) is 10.4 Å². The van der Waals surface area contributed by atoms with E-state index in [0.29, 0.717) is 0 Å². The first kappa shape index (κ1) is 20.6. The molecule has 4 nitrogen and oxygen atoms in total. The van der Waals surface area contributed by atoms with Gasteiger partial charge in [0.05, 0.1) is 10.7 Å². The van der Waals surface area contributed by atoms with Crippen molar-refractivity contribution in [2.24, 2.45) is 10.9 Å². The molecule has 0 unspecified atom stereocenters. The SMILES string of the molecule is CN=C(NCCCCC(C)C)NCCc1csc(C)n1.I. The zero-order chi connectivity index (χ0) is 14.8. The molecule has 21 heavy (non-hydrogen) atoms. The van der Waals surface area contributed by atoms with E-state index in [1.807, 2.05) is 14.0 Å². The molecule has 1 heterocycles. The highest BCUT2D eigenvalue weighted by Gasteiger charge is 2.00. The predicted molar refractivity (Wildman–Crippen MR) is 104 cm³/mol. The van der Waals surface area contributed by atoms with Gasteiger partial charge in [-0.2, -0.15) is 0 Å². The molecule has 1 aromatic rings. The molecule has 0 spiro atoms. The lowest BCUT2D eigenvalue weighted by Gasteiger charge is -2.11. The van der Waals surface area contributed by atoms with Gasteiger partial charge >= 0.3 is 0 Å². The highest BCUT2D eigenvalue weighted by atomic mass is 127. The van der Waals surface area contributed by atoms with E-state index in [2.05, 4.69) is 39.8 Å². The summed E-state index contributed by atoms with van der Waals surface area (Å²) in [5.41, 5.74) is 1.16. The predicted octanol–water partition coefficient (Wildman–Crippen LogP) is 3.60. The molecule has 122 valence electrons. The van der Waals surface area contributed by atoms with Gasteiger partial charge < -0.3 is 10.6 Å². The van der Waals surface area contributed by atoms with Crippen LogP contribution in [0.1, 0.15) is 43.8 Å². The van der Waals surface area contributed by atoms with E-state index in [1.54, 1.807) is 11.3 Å². The molecular formula is C15H29IN4S. The van der Waals surface area contributed by atoms with E-state index in [4.69, 9.17) is 0 Å². The Morgan fingerprint density at radius 3 is 2.57 bits per heavy atom. The first-order chi connectivity index (χ1) is 9.61. The zero-order valence-electron chi connectivity index (χ0n) is 13.6.